The summed E-state index contributed by atoms with van der Waals surface area (Å²) in [5.74, 6) is -2.70. The maximum atomic E-state index is 14.2. The molecule has 2 aliphatic rings. The number of amides is 4. The van der Waals surface area contributed by atoms with Crippen molar-refractivity contribution in [3.63, 3.8) is 0 Å². The summed E-state index contributed by atoms with van der Waals surface area (Å²) in [6.45, 7) is 5.48. The first-order chi connectivity index (χ1) is 20.3. The molecule has 2 heterocycles. The predicted molar refractivity (Wildman–Crippen MR) is 155 cm³/mol. The highest BCUT2D eigenvalue weighted by molar-refractivity contribution is 9.10. The summed E-state index contributed by atoms with van der Waals surface area (Å²) in [7, 11) is 1.19. The summed E-state index contributed by atoms with van der Waals surface area (Å²) in [5, 5.41) is 12.0. The first-order valence-corrected chi connectivity index (χ1v) is 14.5. The average molecular weight is 668 g/mol. The molecular formula is C29H33BrF2N4O7. The minimum Gasteiger partial charge on any atom is -0.471 e. The lowest BCUT2D eigenvalue weighted by Gasteiger charge is -2.42. The van der Waals surface area contributed by atoms with Crippen LogP contribution in [0, 0.1) is 11.6 Å². The summed E-state index contributed by atoms with van der Waals surface area (Å²) >= 11 is 3.46. The van der Waals surface area contributed by atoms with Gasteiger partial charge in [0.2, 0.25) is 5.60 Å². The molecule has 2 atom stereocenters. The number of ether oxygens (including phenoxy) is 2. The number of hydrogen-bond donors (Lipinski definition) is 2. The Labute approximate surface area is 255 Å². The van der Waals surface area contributed by atoms with Gasteiger partial charge in [0.05, 0.1) is 24.4 Å². The van der Waals surface area contributed by atoms with E-state index in [1.54, 1.807) is 4.90 Å². The highest BCUT2D eigenvalue weighted by atomic mass is 79.9. The standard InChI is InChI=1S/C29H33BrF2N4O7/c1-16(2)36(20-6-5-8-34(15-20)28(40)41)25(37)21-13-23-24(14-22(21)30)43-29(3,17-10-18(31)12-19(32)11-17)26(38)35(23)9-7-33-27(39)42-4/h10-14,16,20H,5-9,15H2,1-4H3,(H,33,39)(H,40,41)/t20-,29?/m1/s1. The van der Waals surface area contributed by atoms with Gasteiger partial charge in [-0.25, -0.2) is 18.4 Å². The van der Waals surface area contributed by atoms with Crippen LogP contribution in [-0.2, 0) is 15.1 Å². The van der Waals surface area contributed by atoms with Crippen LogP contribution in [0.15, 0.2) is 34.8 Å². The van der Waals surface area contributed by atoms with Crippen molar-refractivity contribution in [2.45, 2.75) is 51.3 Å². The number of anilines is 1. The molecule has 1 saturated heterocycles. The van der Waals surface area contributed by atoms with Crippen molar-refractivity contribution < 1.29 is 42.5 Å². The molecule has 43 heavy (non-hydrogen) atoms. The molecule has 4 rings (SSSR count). The van der Waals surface area contributed by atoms with Gasteiger partial charge < -0.3 is 34.6 Å². The lowest BCUT2D eigenvalue weighted by Crippen LogP contribution is -2.54. The smallest absolute Gasteiger partial charge is 0.407 e. The number of benzene rings is 2. The normalized spacial score (nSPS) is 19.9. The van der Waals surface area contributed by atoms with E-state index in [2.05, 4.69) is 26.0 Å². The van der Waals surface area contributed by atoms with Crippen molar-refractivity contribution >= 4 is 45.6 Å². The van der Waals surface area contributed by atoms with Gasteiger partial charge in [-0.2, -0.15) is 0 Å². The molecule has 0 bridgehead atoms. The number of hydrogen-bond acceptors (Lipinski definition) is 6. The van der Waals surface area contributed by atoms with Crippen molar-refractivity contribution in [2.75, 3.05) is 38.2 Å². The van der Waals surface area contributed by atoms with E-state index in [4.69, 9.17) is 4.74 Å². The monoisotopic (exact) mass is 666 g/mol. The molecule has 0 aliphatic carbocycles. The minimum atomic E-state index is -1.85. The third kappa shape index (κ3) is 6.53. The Morgan fingerprint density at radius 3 is 2.49 bits per heavy atom. The van der Waals surface area contributed by atoms with E-state index in [9.17, 15) is 33.1 Å². The zero-order valence-corrected chi connectivity index (χ0v) is 25.7. The summed E-state index contributed by atoms with van der Waals surface area (Å²) in [5.41, 5.74) is -1.51. The SMILES string of the molecule is COC(=O)NCCN1C(=O)C(C)(c2cc(F)cc(F)c2)Oc2cc(Br)c(C(=O)N(C(C)C)[C@@H]3CCCN(C(=O)O)C3)cc21. The lowest BCUT2D eigenvalue weighted by molar-refractivity contribution is -0.135. The largest absolute Gasteiger partial charge is 0.471 e. The van der Waals surface area contributed by atoms with Crippen LogP contribution in [0.4, 0.5) is 24.1 Å². The summed E-state index contributed by atoms with van der Waals surface area (Å²) < 4.78 is 39.5. The van der Waals surface area contributed by atoms with Gasteiger partial charge in [0.25, 0.3) is 11.8 Å². The molecule has 11 nitrogen and oxygen atoms in total. The first-order valence-electron chi connectivity index (χ1n) is 13.7. The van der Waals surface area contributed by atoms with Crippen LogP contribution in [0.5, 0.6) is 5.75 Å². The average Bonchev–Trinajstić information content (AvgIpc) is 2.94. The second-order valence-electron chi connectivity index (χ2n) is 10.8. The highest BCUT2D eigenvalue weighted by Gasteiger charge is 2.47. The Kier molecular flexibility index (Phi) is 9.47. The number of piperidine rings is 1. The molecule has 2 aliphatic heterocycles. The van der Waals surface area contributed by atoms with Gasteiger partial charge in [0.1, 0.15) is 17.4 Å². The maximum absolute atomic E-state index is 14.2. The van der Waals surface area contributed by atoms with Crippen molar-refractivity contribution in [1.29, 1.82) is 0 Å². The van der Waals surface area contributed by atoms with Gasteiger partial charge in [0.15, 0.2) is 0 Å². The van der Waals surface area contributed by atoms with Gasteiger partial charge in [0, 0.05) is 48.3 Å². The molecule has 14 heteroatoms. The minimum absolute atomic E-state index is 0.0456. The van der Waals surface area contributed by atoms with Crippen LogP contribution in [0.1, 0.15) is 49.5 Å². The van der Waals surface area contributed by atoms with E-state index in [1.165, 1.54) is 36.0 Å². The van der Waals surface area contributed by atoms with E-state index in [1.807, 2.05) is 13.8 Å². The third-order valence-electron chi connectivity index (χ3n) is 7.59. The van der Waals surface area contributed by atoms with Gasteiger partial charge in [-0.3, -0.25) is 9.59 Å². The number of rotatable bonds is 7. The van der Waals surface area contributed by atoms with Gasteiger partial charge in [-0.1, -0.05) is 0 Å². The fourth-order valence-electron chi connectivity index (χ4n) is 5.52. The number of nitrogens with zero attached hydrogens (tertiary/aromatic N) is 3. The van der Waals surface area contributed by atoms with E-state index in [0.717, 1.165) is 12.1 Å². The number of carboxylic acid groups (broad SMARTS) is 1. The van der Waals surface area contributed by atoms with Crippen molar-refractivity contribution in [2.24, 2.45) is 0 Å². The van der Waals surface area contributed by atoms with Crippen molar-refractivity contribution in [3.05, 3.63) is 57.6 Å². The van der Waals surface area contributed by atoms with Crippen LogP contribution in [0.3, 0.4) is 0 Å². The lowest BCUT2D eigenvalue weighted by atomic mass is 9.91. The number of methoxy groups -OCH3 is 1. The molecule has 4 amide bonds. The fraction of sp³-hybridized carbons (Fsp3) is 0.448. The molecule has 1 unspecified atom stereocenters. The molecule has 2 N–H and O–H groups in total. The van der Waals surface area contributed by atoms with E-state index in [0.29, 0.717) is 29.9 Å². The van der Waals surface area contributed by atoms with Gasteiger partial charge in [-0.15, -0.1) is 0 Å². The Hall–Kier alpha value is -3.94. The number of likely N-dealkylation sites (tertiary alicyclic amines) is 1. The number of alkyl carbamates (subject to hydrolysis) is 1. The molecule has 2 aromatic rings. The topological polar surface area (TPSA) is 129 Å². The van der Waals surface area contributed by atoms with Crippen LogP contribution < -0.4 is 15.0 Å². The molecule has 0 spiro atoms. The number of halogens is 3. The Balaban J connectivity index is 1.77. The third-order valence-corrected chi connectivity index (χ3v) is 8.25. The quantitative estimate of drug-likeness (QED) is 0.438. The van der Waals surface area contributed by atoms with Crippen LogP contribution in [-0.4, -0.2) is 84.3 Å². The van der Waals surface area contributed by atoms with E-state index < -0.39 is 35.3 Å². The second kappa shape index (κ2) is 12.7. The molecule has 0 radical (unpaired) electrons. The summed E-state index contributed by atoms with van der Waals surface area (Å²) in [4.78, 5) is 55.6. The number of fused-ring (bicyclic) bond motifs is 1. The number of nitrogens with one attached hydrogen (secondary N) is 1. The molecule has 2 aromatic carbocycles. The zero-order valence-electron chi connectivity index (χ0n) is 24.2. The van der Waals surface area contributed by atoms with Gasteiger partial charge >= 0.3 is 12.2 Å². The Bertz CT molecular complexity index is 1420. The summed E-state index contributed by atoms with van der Waals surface area (Å²) in [6, 6.07) is 5.04. The second-order valence-corrected chi connectivity index (χ2v) is 11.7. The number of carbonyl (C=O) groups excluding carboxylic acids is 3. The Morgan fingerprint density at radius 2 is 1.88 bits per heavy atom. The van der Waals surface area contributed by atoms with Crippen LogP contribution >= 0.6 is 15.9 Å². The molecule has 0 saturated carbocycles. The zero-order chi connectivity index (χ0) is 31.6. The van der Waals surface area contributed by atoms with E-state index >= 15 is 0 Å². The fourth-order valence-corrected chi connectivity index (χ4v) is 6.01. The molecule has 1 fully saturated rings. The van der Waals surface area contributed by atoms with Crippen LogP contribution in [0.2, 0.25) is 0 Å². The molecular weight excluding hydrogens is 634 g/mol. The first kappa shape index (κ1) is 32.0. The highest BCUT2D eigenvalue weighted by Crippen LogP contribution is 2.45. The number of carbonyl (C=O) groups is 4. The van der Waals surface area contributed by atoms with E-state index in [-0.39, 0.29) is 60.2 Å². The molecule has 0 aromatic heterocycles. The van der Waals surface area contributed by atoms with Crippen molar-refractivity contribution in [3.8, 4) is 5.75 Å². The van der Waals surface area contributed by atoms with Crippen LogP contribution in [0.25, 0.3) is 0 Å². The van der Waals surface area contributed by atoms with Crippen molar-refractivity contribution in [1.82, 2.24) is 15.1 Å². The molecule has 232 valence electrons. The summed E-state index contributed by atoms with van der Waals surface area (Å²) in [6.07, 6.45) is -0.561. The Morgan fingerprint density at radius 1 is 1.21 bits per heavy atom. The maximum Gasteiger partial charge on any atom is 0.407 e. The predicted octanol–water partition coefficient (Wildman–Crippen LogP) is 4.72. The van der Waals surface area contributed by atoms with Gasteiger partial charge in [-0.05, 0) is 73.8 Å².